The number of hydrogen-bond donors (Lipinski definition) is 1. The number of pyridine rings is 1. The number of hydrogen-bond acceptors (Lipinski definition) is 4. The number of nitrogens with zero attached hydrogens (tertiary/aromatic N) is 2. The molecule has 0 bridgehead atoms. The van der Waals surface area contributed by atoms with Gasteiger partial charge in [-0.2, -0.15) is 5.10 Å². The highest BCUT2D eigenvalue weighted by Gasteiger charge is 2.04. The zero-order chi connectivity index (χ0) is 11.5. The van der Waals surface area contributed by atoms with Gasteiger partial charge in [0.15, 0.2) is 0 Å². The number of fused-ring (bicyclic) bond motifs is 1. The standard InChI is InChI=1S/C11H10ClN3O/c1-16-9-3-2-7-4-8(6-14-13)11(12)15-10(7)5-9/h2-6H,13H2,1H3. The smallest absolute Gasteiger partial charge is 0.138 e. The fraction of sp³-hybridized carbons (Fsp3) is 0.0909. The average molecular weight is 236 g/mol. The topological polar surface area (TPSA) is 60.5 Å². The summed E-state index contributed by atoms with van der Waals surface area (Å²) in [4.78, 5) is 4.24. The van der Waals surface area contributed by atoms with Crippen LogP contribution < -0.4 is 10.6 Å². The Kier molecular flexibility index (Phi) is 2.92. The van der Waals surface area contributed by atoms with Crippen molar-refractivity contribution < 1.29 is 4.74 Å². The van der Waals surface area contributed by atoms with Gasteiger partial charge in [-0.3, -0.25) is 0 Å². The minimum atomic E-state index is 0.370. The number of hydrazone groups is 1. The molecule has 0 aliphatic rings. The second-order valence-electron chi connectivity index (χ2n) is 3.21. The van der Waals surface area contributed by atoms with Crippen LogP contribution in [-0.4, -0.2) is 18.3 Å². The molecular weight excluding hydrogens is 226 g/mol. The molecule has 0 spiro atoms. The molecule has 0 fully saturated rings. The minimum Gasteiger partial charge on any atom is -0.497 e. The molecule has 2 rings (SSSR count). The second-order valence-corrected chi connectivity index (χ2v) is 3.56. The summed E-state index contributed by atoms with van der Waals surface area (Å²) in [6.45, 7) is 0. The third-order valence-corrected chi connectivity index (χ3v) is 2.52. The lowest BCUT2D eigenvalue weighted by Gasteiger charge is -2.04. The maximum atomic E-state index is 5.98. The largest absolute Gasteiger partial charge is 0.497 e. The minimum absolute atomic E-state index is 0.370. The van der Waals surface area contributed by atoms with Gasteiger partial charge < -0.3 is 10.6 Å². The van der Waals surface area contributed by atoms with Crippen molar-refractivity contribution in [1.82, 2.24) is 4.98 Å². The maximum Gasteiger partial charge on any atom is 0.138 e. The van der Waals surface area contributed by atoms with E-state index in [-0.39, 0.29) is 0 Å². The summed E-state index contributed by atoms with van der Waals surface area (Å²) in [5.74, 6) is 5.83. The Morgan fingerprint density at radius 2 is 2.25 bits per heavy atom. The summed E-state index contributed by atoms with van der Waals surface area (Å²) in [5, 5.41) is 4.76. The van der Waals surface area contributed by atoms with Gasteiger partial charge in [0, 0.05) is 17.0 Å². The first-order valence-electron chi connectivity index (χ1n) is 4.62. The lowest BCUT2D eigenvalue weighted by molar-refractivity contribution is 0.415. The first-order valence-corrected chi connectivity index (χ1v) is 5.00. The predicted molar refractivity (Wildman–Crippen MR) is 65.1 cm³/mol. The van der Waals surface area contributed by atoms with E-state index in [0.29, 0.717) is 10.7 Å². The van der Waals surface area contributed by atoms with Crippen LogP contribution in [0.25, 0.3) is 10.9 Å². The number of methoxy groups -OCH3 is 1. The van der Waals surface area contributed by atoms with Gasteiger partial charge in [-0.05, 0) is 18.2 Å². The predicted octanol–water partition coefficient (Wildman–Crippen LogP) is 2.19. The van der Waals surface area contributed by atoms with E-state index in [1.54, 1.807) is 7.11 Å². The van der Waals surface area contributed by atoms with Crippen LogP contribution in [-0.2, 0) is 0 Å². The van der Waals surface area contributed by atoms with E-state index in [2.05, 4.69) is 10.1 Å². The van der Waals surface area contributed by atoms with Gasteiger partial charge in [0.2, 0.25) is 0 Å². The summed E-state index contributed by atoms with van der Waals surface area (Å²) < 4.78 is 5.11. The molecule has 0 unspecified atom stereocenters. The summed E-state index contributed by atoms with van der Waals surface area (Å²) in [6, 6.07) is 7.47. The molecule has 0 saturated carbocycles. The first-order chi connectivity index (χ1) is 7.74. The van der Waals surface area contributed by atoms with Gasteiger partial charge >= 0.3 is 0 Å². The molecule has 1 heterocycles. The Bertz CT molecular complexity index is 554. The molecule has 0 aliphatic heterocycles. The number of rotatable bonds is 2. The Morgan fingerprint density at radius 1 is 1.44 bits per heavy atom. The van der Waals surface area contributed by atoms with Crippen molar-refractivity contribution in [2.24, 2.45) is 10.9 Å². The molecule has 16 heavy (non-hydrogen) atoms. The molecule has 0 saturated heterocycles. The second kappa shape index (κ2) is 4.37. The highest BCUT2D eigenvalue weighted by molar-refractivity contribution is 6.32. The molecule has 1 aromatic heterocycles. The Hall–Kier alpha value is -1.81. The van der Waals surface area contributed by atoms with Gasteiger partial charge in [0.05, 0.1) is 18.8 Å². The van der Waals surface area contributed by atoms with Crippen molar-refractivity contribution in [1.29, 1.82) is 0 Å². The van der Waals surface area contributed by atoms with Crippen LogP contribution in [0.3, 0.4) is 0 Å². The van der Waals surface area contributed by atoms with Gasteiger partial charge in [0.25, 0.3) is 0 Å². The number of nitrogens with two attached hydrogens (primary N) is 1. The lowest BCUT2D eigenvalue weighted by Crippen LogP contribution is -1.92. The van der Waals surface area contributed by atoms with E-state index >= 15 is 0 Å². The average Bonchev–Trinajstić information content (AvgIpc) is 2.30. The van der Waals surface area contributed by atoms with E-state index in [0.717, 1.165) is 16.7 Å². The van der Waals surface area contributed by atoms with Crippen molar-refractivity contribution in [2.45, 2.75) is 0 Å². The fourth-order valence-corrected chi connectivity index (χ4v) is 1.63. The van der Waals surface area contributed by atoms with Gasteiger partial charge in [0.1, 0.15) is 10.9 Å². The highest BCUT2D eigenvalue weighted by Crippen LogP contribution is 2.23. The first kappa shape index (κ1) is 10.7. The number of halogens is 1. The Morgan fingerprint density at radius 3 is 2.94 bits per heavy atom. The molecule has 5 heteroatoms. The fourth-order valence-electron chi connectivity index (χ4n) is 1.44. The van der Waals surface area contributed by atoms with Crippen LogP contribution in [0.4, 0.5) is 0 Å². The molecule has 1 aromatic carbocycles. The van der Waals surface area contributed by atoms with Crippen LogP contribution in [0.1, 0.15) is 5.56 Å². The molecule has 0 aliphatic carbocycles. The summed E-state index contributed by atoms with van der Waals surface area (Å²) in [6.07, 6.45) is 1.47. The summed E-state index contributed by atoms with van der Waals surface area (Å²) in [5.41, 5.74) is 1.47. The molecule has 82 valence electrons. The van der Waals surface area contributed by atoms with E-state index in [1.807, 2.05) is 24.3 Å². The van der Waals surface area contributed by atoms with Gasteiger partial charge in [-0.25, -0.2) is 4.98 Å². The molecule has 2 aromatic rings. The van der Waals surface area contributed by atoms with E-state index in [9.17, 15) is 0 Å². The Balaban J connectivity index is 2.63. The number of aromatic nitrogens is 1. The van der Waals surface area contributed by atoms with E-state index < -0.39 is 0 Å². The third kappa shape index (κ3) is 1.92. The van der Waals surface area contributed by atoms with Crippen molar-refractivity contribution in [3.63, 3.8) is 0 Å². The molecule has 0 radical (unpaired) electrons. The quantitative estimate of drug-likeness (QED) is 0.376. The normalized spacial score (nSPS) is 11.1. The maximum absolute atomic E-state index is 5.98. The van der Waals surface area contributed by atoms with Crippen LogP contribution >= 0.6 is 11.6 Å². The van der Waals surface area contributed by atoms with Crippen molar-refractivity contribution >= 4 is 28.7 Å². The van der Waals surface area contributed by atoms with Crippen molar-refractivity contribution in [3.8, 4) is 5.75 Å². The molecular formula is C11H10ClN3O. The summed E-state index contributed by atoms with van der Waals surface area (Å²) in [7, 11) is 1.61. The third-order valence-electron chi connectivity index (χ3n) is 2.22. The summed E-state index contributed by atoms with van der Waals surface area (Å²) >= 11 is 5.98. The van der Waals surface area contributed by atoms with Gasteiger partial charge in [-0.15, -0.1) is 0 Å². The van der Waals surface area contributed by atoms with Crippen LogP contribution in [0.2, 0.25) is 5.15 Å². The van der Waals surface area contributed by atoms with Crippen molar-refractivity contribution in [2.75, 3.05) is 7.11 Å². The Labute approximate surface area is 97.7 Å². The van der Waals surface area contributed by atoms with Crippen molar-refractivity contribution in [3.05, 3.63) is 35.0 Å². The van der Waals surface area contributed by atoms with Crippen LogP contribution in [0.15, 0.2) is 29.4 Å². The molecule has 2 N–H and O–H groups in total. The van der Waals surface area contributed by atoms with Crippen LogP contribution in [0, 0.1) is 0 Å². The zero-order valence-electron chi connectivity index (χ0n) is 8.64. The van der Waals surface area contributed by atoms with E-state index in [4.69, 9.17) is 22.2 Å². The SMILES string of the molecule is COc1ccc2cc(C=NN)c(Cl)nc2c1. The lowest BCUT2D eigenvalue weighted by atomic mass is 10.1. The molecule has 0 amide bonds. The molecule has 4 nitrogen and oxygen atoms in total. The zero-order valence-corrected chi connectivity index (χ0v) is 9.40. The van der Waals surface area contributed by atoms with E-state index in [1.165, 1.54) is 6.21 Å². The van der Waals surface area contributed by atoms with Crippen LogP contribution in [0.5, 0.6) is 5.75 Å². The number of benzene rings is 1. The molecule has 0 atom stereocenters. The highest BCUT2D eigenvalue weighted by atomic mass is 35.5. The van der Waals surface area contributed by atoms with Gasteiger partial charge in [-0.1, -0.05) is 11.6 Å². The number of ether oxygens (including phenoxy) is 1. The monoisotopic (exact) mass is 235 g/mol.